The number of carbonyl (C=O) groups excluding carboxylic acids is 2. The molecule has 0 unspecified atom stereocenters. The van der Waals surface area contributed by atoms with E-state index >= 15 is 0 Å². The van der Waals surface area contributed by atoms with E-state index in [9.17, 15) is 23.2 Å². The van der Waals surface area contributed by atoms with E-state index in [4.69, 9.17) is 0 Å². The van der Waals surface area contributed by atoms with Crippen LogP contribution in [0.4, 0.5) is 20.2 Å². The van der Waals surface area contributed by atoms with Crippen molar-refractivity contribution >= 4 is 40.5 Å². The van der Waals surface area contributed by atoms with Crippen molar-refractivity contribution in [2.75, 3.05) is 31.3 Å². The SMILES string of the molecule is CN(C)Cc1ccc(NC(=C2C(=O)Nc3cc(/C=C/CNC(=O)c4cncn(Cc5ccc(F)c(F)c5)c4=O)ccc32)c2ccccc2)cc1. The lowest BCUT2D eigenvalue weighted by Gasteiger charge is -2.16. The third-order valence-electron chi connectivity index (χ3n) is 8.00. The molecule has 0 aliphatic carbocycles. The molecule has 4 aromatic carbocycles. The highest BCUT2D eigenvalue weighted by atomic mass is 19.2. The summed E-state index contributed by atoms with van der Waals surface area (Å²) >= 11 is 0. The summed E-state index contributed by atoms with van der Waals surface area (Å²) in [4.78, 5) is 45.2. The highest BCUT2D eigenvalue weighted by Crippen LogP contribution is 2.38. The van der Waals surface area contributed by atoms with Crippen molar-refractivity contribution in [1.82, 2.24) is 19.8 Å². The van der Waals surface area contributed by atoms with E-state index < -0.39 is 23.1 Å². The molecule has 2 heterocycles. The molecule has 0 fully saturated rings. The number of aromatic nitrogens is 2. The first-order valence-electron chi connectivity index (χ1n) is 15.9. The number of rotatable bonds is 11. The molecule has 1 aromatic heterocycles. The Balaban J connectivity index is 1.16. The van der Waals surface area contributed by atoms with Crippen molar-refractivity contribution in [2.45, 2.75) is 13.1 Å². The van der Waals surface area contributed by atoms with E-state index in [0.29, 0.717) is 22.5 Å². The summed E-state index contributed by atoms with van der Waals surface area (Å²) in [6, 6.07) is 26.8. The molecule has 6 rings (SSSR count). The zero-order valence-corrected chi connectivity index (χ0v) is 27.4. The Morgan fingerprint density at radius 3 is 2.42 bits per heavy atom. The monoisotopic (exact) mass is 672 g/mol. The number of fused-ring (bicyclic) bond motifs is 1. The fraction of sp³-hybridized carbons (Fsp3) is 0.128. The van der Waals surface area contributed by atoms with Gasteiger partial charge in [0.05, 0.1) is 24.1 Å². The predicted octanol–water partition coefficient (Wildman–Crippen LogP) is 6.01. The Bertz CT molecular complexity index is 2180. The maximum atomic E-state index is 13.6. The lowest BCUT2D eigenvalue weighted by molar-refractivity contribution is -0.110. The number of hydrogen-bond acceptors (Lipinski definition) is 6. The van der Waals surface area contributed by atoms with E-state index in [1.807, 2.05) is 74.8 Å². The summed E-state index contributed by atoms with van der Waals surface area (Å²) in [7, 11) is 4.04. The van der Waals surface area contributed by atoms with Crippen LogP contribution in [0, 0.1) is 11.6 Å². The molecule has 50 heavy (non-hydrogen) atoms. The molecule has 0 saturated heterocycles. The van der Waals surface area contributed by atoms with E-state index in [0.717, 1.165) is 51.8 Å². The Kier molecular flexibility index (Phi) is 10.1. The van der Waals surface area contributed by atoms with Gasteiger partial charge in [-0.2, -0.15) is 0 Å². The van der Waals surface area contributed by atoms with Gasteiger partial charge in [-0.25, -0.2) is 13.8 Å². The van der Waals surface area contributed by atoms with Crippen molar-refractivity contribution in [1.29, 1.82) is 0 Å². The number of benzene rings is 4. The Hall–Kier alpha value is -6.20. The standard InChI is InChI=1S/C39H34F2N6O3/c1-46(2)22-26-10-14-29(15-11-26)44-36(28-8-4-3-5-9-28)35-30-16-12-25(20-34(30)45-38(35)49)7-6-18-43-37(48)31-21-42-24-47(39(31)50)23-27-13-17-32(40)33(41)19-27/h3-17,19-21,24,44H,18,22-23H2,1-2H3,(H,43,48)(H,45,49)/b7-6+,36-35?. The van der Waals surface area contributed by atoms with Crippen LogP contribution in [0.3, 0.4) is 0 Å². The van der Waals surface area contributed by atoms with Gasteiger partial charge in [-0.3, -0.25) is 19.0 Å². The summed E-state index contributed by atoms with van der Waals surface area (Å²) < 4.78 is 28.1. The second-order valence-electron chi connectivity index (χ2n) is 12.0. The first-order valence-corrected chi connectivity index (χ1v) is 15.9. The minimum absolute atomic E-state index is 0.0805. The zero-order valence-electron chi connectivity index (χ0n) is 27.4. The maximum Gasteiger partial charge on any atom is 0.266 e. The quantitative estimate of drug-likeness (QED) is 0.149. The van der Waals surface area contributed by atoms with Crippen molar-refractivity contribution in [2.24, 2.45) is 0 Å². The van der Waals surface area contributed by atoms with Gasteiger partial charge in [0.25, 0.3) is 17.4 Å². The first-order chi connectivity index (χ1) is 24.2. The molecule has 1 aliphatic heterocycles. The lowest BCUT2D eigenvalue weighted by Crippen LogP contribution is -2.33. The molecule has 3 N–H and O–H groups in total. The number of hydrogen-bond donors (Lipinski definition) is 3. The van der Waals surface area contributed by atoms with Crippen molar-refractivity contribution in [3.8, 4) is 0 Å². The molecule has 1 aliphatic rings. The van der Waals surface area contributed by atoms with Gasteiger partial charge in [-0.05, 0) is 66.7 Å². The predicted molar refractivity (Wildman–Crippen MR) is 191 cm³/mol. The van der Waals surface area contributed by atoms with Crippen LogP contribution in [0.5, 0.6) is 0 Å². The zero-order chi connectivity index (χ0) is 35.2. The summed E-state index contributed by atoms with van der Waals surface area (Å²) in [5, 5.41) is 9.15. The average Bonchev–Trinajstić information content (AvgIpc) is 3.43. The van der Waals surface area contributed by atoms with Crippen LogP contribution in [0.25, 0.3) is 17.3 Å². The van der Waals surface area contributed by atoms with E-state index in [1.165, 1.54) is 18.0 Å². The van der Waals surface area contributed by atoms with Gasteiger partial charge in [0.15, 0.2) is 11.6 Å². The van der Waals surface area contributed by atoms with E-state index in [2.05, 4.69) is 38.0 Å². The number of halogens is 2. The largest absolute Gasteiger partial charge is 0.354 e. The molecule has 0 saturated carbocycles. The van der Waals surface area contributed by atoms with Gasteiger partial charge in [0.1, 0.15) is 5.56 Å². The molecular formula is C39H34F2N6O3. The van der Waals surface area contributed by atoms with Crippen LogP contribution in [-0.2, 0) is 17.9 Å². The molecule has 0 atom stereocenters. The van der Waals surface area contributed by atoms with Crippen LogP contribution >= 0.6 is 0 Å². The number of anilines is 2. The average molecular weight is 673 g/mol. The van der Waals surface area contributed by atoms with Crippen LogP contribution in [0.2, 0.25) is 0 Å². The summed E-state index contributed by atoms with van der Waals surface area (Å²) in [6.45, 7) is 0.852. The highest BCUT2D eigenvalue weighted by molar-refractivity contribution is 6.37. The van der Waals surface area contributed by atoms with Crippen molar-refractivity contribution < 1.29 is 18.4 Å². The summed E-state index contributed by atoms with van der Waals surface area (Å²) in [5.74, 6) is -2.88. The topological polar surface area (TPSA) is 108 Å². The number of nitrogens with zero attached hydrogens (tertiary/aromatic N) is 3. The van der Waals surface area contributed by atoms with Crippen molar-refractivity contribution in [3.05, 3.63) is 165 Å². The fourth-order valence-corrected chi connectivity index (χ4v) is 5.62. The third kappa shape index (κ3) is 7.74. The molecule has 252 valence electrons. The second kappa shape index (κ2) is 14.9. The van der Waals surface area contributed by atoms with Gasteiger partial charge >= 0.3 is 0 Å². The van der Waals surface area contributed by atoms with Gasteiger partial charge in [0, 0.05) is 36.2 Å². The smallest absolute Gasteiger partial charge is 0.266 e. The Labute approximate surface area is 287 Å². The molecule has 11 heteroatoms. The molecule has 0 spiro atoms. The highest BCUT2D eigenvalue weighted by Gasteiger charge is 2.28. The minimum atomic E-state index is -1.03. The molecule has 0 radical (unpaired) electrons. The van der Waals surface area contributed by atoms with E-state index in [1.54, 1.807) is 12.2 Å². The molecule has 5 aromatic rings. The summed E-state index contributed by atoms with van der Waals surface area (Å²) in [6.07, 6.45) is 5.91. The maximum absolute atomic E-state index is 13.6. The fourth-order valence-electron chi connectivity index (χ4n) is 5.62. The number of amides is 2. The van der Waals surface area contributed by atoms with Crippen molar-refractivity contribution in [3.63, 3.8) is 0 Å². The van der Waals surface area contributed by atoms with E-state index in [-0.39, 0.29) is 24.6 Å². The number of nitrogens with one attached hydrogen (secondary N) is 3. The normalized spacial score (nSPS) is 13.3. The van der Waals surface area contributed by atoms with Crippen LogP contribution in [0.15, 0.2) is 114 Å². The summed E-state index contributed by atoms with van der Waals surface area (Å²) in [5.41, 5.74) is 5.87. The molecule has 0 bridgehead atoms. The molecular weight excluding hydrogens is 638 g/mol. The first kappa shape index (κ1) is 33.7. The van der Waals surface area contributed by atoms with Gasteiger partial charge in [-0.15, -0.1) is 0 Å². The van der Waals surface area contributed by atoms with Crippen LogP contribution < -0.4 is 21.5 Å². The molecule has 9 nitrogen and oxygen atoms in total. The molecule has 2 amide bonds. The van der Waals surface area contributed by atoms with Crippen LogP contribution in [-0.4, -0.2) is 46.9 Å². The third-order valence-corrected chi connectivity index (χ3v) is 8.00. The van der Waals surface area contributed by atoms with Gasteiger partial charge in [-0.1, -0.05) is 72.8 Å². The Morgan fingerprint density at radius 2 is 1.68 bits per heavy atom. The minimum Gasteiger partial charge on any atom is -0.354 e. The van der Waals surface area contributed by atoms with Gasteiger partial charge in [0.2, 0.25) is 0 Å². The van der Waals surface area contributed by atoms with Crippen LogP contribution in [0.1, 0.15) is 38.2 Å². The second-order valence-corrected chi connectivity index (χ2v) is 12.0. The van der Waals surface area contributed by atoms with Gasteiger partial charge < -0.3 is 20.9 Å². The lowest BCUT2D eigenvalue weighted by atomic mass is 9.99. The Morgan fingerprint density at radius 1 is 0.920 bits per heavy atom. The number of carbonyl (C=O) groups is 2.